The third-order valence-corrected chi connectivity index (χ3v) is 3.74. The first-order chi connectivity index (χ1) is 9.99. The molecule has 0 radical (unpaired) electrons. The van der Waals surface area contributed by atoms with E-state index >= 15 is 0 Å². The van der Waals surface area contributed by atoms with E-state index in [-0.39, 0.29) is 17.4 Å². The summed E-state index contributed by atoms with van der Waals surface area (Å²) < 4.78 is 0. The van der Waals surface area contributed by atoms with Crippen molar-refractivity contribution < 1.29 is 14.7 Å². The fourth-order valence-electron chi connectivity index (χ4n) is 1.73. The van der Waals surface area contributed by atoms with Crippen LogP contribution in [0.1, 0.15) is 5.56 Å². The molecule has 0 aromatic heterocycles. The van der Waals surface area contributed by atoms with Crippen LogP contribution in [0, 0.1) is 0 Å². The zero-order valence-corrected chi connectivity index (χ0v) is 13.3. The zero-order chi connectivity index (χ0) is 15.7. The van der Waals surface area contributed by atoms with Crippen LogP contribution >= 0.6 is 11.8 Å². The van der Waals surface area contributed by atoms with E-state index in [1.54, 1.807) is 4.90 Å². The molecule has 1 amide bonds. The summed E-state index contributed by atoms with van der Waals surface area (Å²) in [6.45, 7) is 1.97. The molecule has 1 N–H and O–H groups in total. The number of rotatable bonds is 9. The Morgan fingerprint density at radius 1 is 1.10 bits per heavy atom. The molecule has 0 heterocycles. The minimum absolute atomic E-state index is 0.0213. The Kier molecular flexibility index (Phi) is 7.85. The van der Waals surface area contributed by atoms with Crippen LogP contribution in [-0.2, 0) is 16.1 Å². The smallest absolute Gasteiger partial charge is 0.313 e. The number of likely N-dealkylation sites (N-methyl/N-ethyl adjacent to an activating group) is 1. The number of benzene rings is 1. The first-order valence-electron chi connectivity index (χ1n) is 6.75. The van der Waals surface area contributed by atoms with Crippen molar-refractivity contribution in [3.8, 4) is 0 Å². The van der Waals surface area contributed by atoms with Gasteiger partial charge in [-0.3, -0.25) is 9.59 Å². The molecule has 0 unspecified atom stereocenters. The van der Waals surface area contributed by atoms with Crippen molar-refractivity contribution in [2.75, 3.05) is 38.7 Å². The van der Waals surface area contributed by atoms with Crippen LogP contribution in [0.3, 0.4) is 0 Å². The summed E-state index contributed by atoms with van der Waals surface area (Å²) in [6, 6.07) is 9.81. The number of carboxylic acid groups (broad SMARTS) is 1. The molecule has 0 spiro atoms. The maximum absolute atomic E-state index is 12.2. The number of hydrogen-bond acceptors (Lipinski definition) is 4. The largest absolute Gasteiger partial charge is 0.481 e. The highest BCUT2D eigenvalue weighted by atomic mass is 32.2. The monoisotopic (exact) mass is 310 g/mol. The van der Waals surface area contributed by atoms with Gasteiger partial charge >= 0.3 is 5.97 Å². The molecule has 21 heavy (non-hydrogen) atoms. The molecule has 0 bridgehead atoms. The number of aliphatic carboxylic acids is 1. The van der Waals surface area contributed by atoms with Gasteiger partial charge in [-0.1, -0.05) is 30.3 Å². The van der Waals surface area contributed by atoms with Crippen LogP contribution in [0.15, 0.2) is 30.3 Å². The first-order valence-corrected chi connectivity index (χ1v) is 7.90. The van der Waals surface area contributed by atoms with Crippen molar-refractivity contribution in [2.24, 2.45) is 0 Å². The van der Waals surface area contributed by atoms with Gasteiger partial charge in [0.25, 0.3) is 0 Å². The molecule has 0 saturated heterocycles. The van der Waals surface area contributed by atoms with Crippen molar-refractivity contribution in [2.45, 2.75) is 6.54 Å². The normalized spacial score (nSPS) is 10.6. The minimum Gasteiger partial charge on any atom is -0.481 e. The molecule has 116 valence electrons. The molecule has 0 saturated carbocycles. The van der Waals surface area contributed by atoms with Crippen molar-refractivity contribution in [1.29, 1.82) is 0 Å². The zero-order valence-electron chi connectivity index (χ0n) is 12.5. The van der Waals surface area contributed by atoms with Gasteiger partial charge < -0.3 is 14.9 Å². The average Bonchev–Trinajstić information content (AvgIpc) is 2.43. The van der Waals surface area contributed by atoms with Gasteiger partial charge in [0.05, 0.1) is 11.5 Å². The Morgan fingerprint density at radius 2 is 1.76 bits per heavy atom. The van der Waals surface area contributed by atoms with E-state index in [1.165, 1.54) is 0 Å². The number of hydrogen-bond donors (Lipinski definition) is 1. The summed E-state index contributed by atoms with van der Waals surface area (Å²) in [5.41, 5.74) is 1.08. The Morgan fingerprint density at radius 3 is 2.33 bits per heavy atom. The van der Waals surface area contributed by atoms with Crippen LogP contribution in [0.4, 0.5) is 0 Å². The highest BCUT2D eigenvalue weighted by molar-refractivity contribution is 8.00. The van der Waals surface area contributed by atoms with E-state index in [4.69, 9.17) is 5.11 Å². The van der Waals surface area contributed by atoms with E-state index in [9.17, 15) is 9.59 Å². The van der Waals surface area contributed by atoms with Crippen LogP contribution in [-0.4, -0.2) is 65.5 Å². The van der Waals surface area contributed by atoms with E-state index in [0.29, 0.717) is 13.1 Å². The van der Waals surface area contributed by atoms with Gasteiger partial charge in [0.1, 0.15) is 0 Å². The lowest BCUT2D eigenvalue weighted by molar-refractivity contribution is -0.133. The molecule has 0 atom stereocenters. The van der Waals surface area contributed by atoms with Gasteiger partial charge in [0, 0.05) is 19.6 Å². The van der Waals surface area contributed by atoms with E-state index in [0.717, 1.165) is 23.9 Å². The van der Waals surface area contributed by atoms with E-state index in [1.807, 2.05) is 49.3 Å². The molecule has 0 aliphatic heterocycles. The molecule has 1 rings (SSSR count). The third kappa shape index (κ3) is 7.72. The molecule has 5 nitrogen and oxygen atoms in total. The molecule has 0 aliphatic rings. The Balaban J connectivity index is 2.58. The Bertz CT molecular complexity index is 451. The lowest BCUT2D eigenvalue weighted by Crippen LogP contribution is -2.37. The maximum Gasteiger partial charge on any atom is 0.313 e. The number of nitrogens with zero attached hydrogens (tertiary/aromatic N) is 2. The second-order valence-electron chi connectivity index (χ2n) is 4.99. The molecule has 0 aliphatic carbocycles. The highest BCUT2D eigenvalue weighted by Crippen LogP contribution is 2.08. The van der Waals surface area contributed by atoms with Crippen molar-refractivity contribution >= 4 is 23.6 Å². The quantitative estimate of drug-likeness (QED) is 0.747. The van der Waals surface area contributed by atoms with Crippen LogP contribution in [0.2, 0.25) is 0 Å². The molecule has 1 aromatic carbocycles. The summed E-state index contributed by atoms with van der Waals surface area (Å²) in [5.74, 6) is -0.756. The topological polar surface area (TPSA) is 60.9 Å². The summed E-state index contributed by atoms with van der Waals surface area (Å²) in [4.78, 5) is 26.5. The summed E-state index contributed by atoms with van der Waals surface area (Å²) >= 11 is 1.14. The second-order valence-corrected chi connectivity index (χ2v) is 5.98. The molecule has 6 heteroatoms. The van der Waals surface area contributed by atoms with Gasteiger partial charge in [-0.2, -0.15) is 0 Å². The molecular weight excluding hydrogens is 288 g/mol. The number of carbonyl (C=O) groups excluding carboxylic acids is 1. The predicted molar refractivity (Wildman–Crippen MR) is 85.4 cm³/mol. The molecule has 0 fully saturated rings. The van der Waals surface area contributed by atoms with Crippen LogP contribution in [0.25, 0.3) is 0 Å². The standard InChI is InChI=1S/C15H22N2O3S/c1-16(2)8-9-17(10-13-6-4-3-5-7-13)14(18)11-21-12-15(19)20/h3-7H,8-12H2,1-2H3,(H,19,20). The van der Waals surface area contributed by atoms with Gasteiger partial charge in [-0.25, -0.2) is 0 Å². The van der Waals surface area contributed by atoms with Gasteiger partial charge in [0.2, 0.25) is 5.91 Å². The summed E-state index contributed by atoms with van der Waals surface area (Å²) in [6.07, 6.45) is 0. The predicted octanol–water partition coefficient (Wildman–Crippen LogP) is 1.39. The lowest BCUT2D eigenvalue weighted by Gasteiger charge is -2.24. The van der Waals surface area contributed by atoms with Gasteiger partial charge in [-0.15, -0.1) is 11.8 Å². The third-order valence-electron chi connectivity index (χ3n) is 2.84. The fourth-order valence-corrected chi connectivity index (χ4v) is 2.37. The second kappa shape index (κ2) is 9.41. The number of carboxylic acids is 1. The van der Waals surface area contributed by atoms with Crippen LogP contribution in [0.5, 0.6) is 0 Å². The lowest BCUT2D eigenvalue weighted by atomic mass is 10.2. The van der Waals surface area contributed by atoms with E-state index in [2.05, 4.69) is 0 Å². The summed E-state index contributed by atoms with van der Waals surface area (Å²) in [5, 5.41) is 8.62. The minimum atomic E-state index is -0.893. The SMILES string of the molecule is CN(C)CCN(Cc1ccccc1)C(=O)CSCC(=O)O. The number of amides is 1. The Labute approximate surface area is 129 Å². The summed E-state index contributed by atoms with van der Waals surface area (Å²) in [7, 11) is 3.93. The average molecular weight is 310 g/mol. The number of carbonyl (C=O) groups is 2. The van der Waals surface area contributed by atoms with Crippen molar-refractivity contribution in [3.63, 3.8) is 0 Å². The number of thioether (sulfide) groups is 1. The maximum atomic E-state index is 12.2. The van der Waals surface area contributed by atoms with Gasteiger partial charge in [-0.05, 0) is 19.7 Å². The van der Waals surface area contributed by atoms with E-state index < -0.39 is 5.97 Å². The van der Waals surface area contributed by atoms with Crippen molar-refractivity contribution in [1.82, 2.24) is 9.80 Å². The Hall–Kier alpha value is -1.53. The highest BCUT2D eigenvalue weighted by Gasteiger charge is 2.14. The molecular formula is C15H22N2O3S. The van der Waals surface area contributed by atoms with Crippen LogP contribution < -0.4 is 0 Å². The van der Waals surface area contributed by atoms with Crippen molar-refractivity contribution in [3.05, 3.63) is 35.9 Å². The fraction of sp³-hybridized carbons (Fsp3) is 0.467. The van der Waals surface area contributed by atoms with Gasteiger partial charge in [0.15, 0.2) is 0 Å². The first kappa shape index (κ1) is 17.5. The molecule has 1 aromatic rings.